The highest BCUT2D eigenvalue weighted by Gasteiger charge is 2.63. The third-order valence-corrected chi connectivity index (χ3v) is 6.61. The number of fused-ring (bicyclic) bond motifs is 2. The second kappa shape index (κ2) is 6.67. The molecule has 1 aromatic rings. The van der Waals surface area contributed by atoms with Crippen LogP contribution in [0.1, 0.15) is 44.7 Å². The highest BCUT2D eigenvalue weighted by atomic mass is 16.3. The first-order chi connectivity index (χ1) is 11.8. The summed E-state index contributed by atoms with van der Waals surface area (Å²) in [6.07, 6.45) is 3.47. The van der Waals surface area contributed by atoms with E-state index in [2.05, 4.69) is 32.2 Å². The van der Waals surface area contributed by atoms with Gasteiger partial charge in [0.15, 0.2) is 5.78 Å². The summed E-state index contributed by atoms with van der Waals surface area (Å²) in [4.78, 5) is 12.8. The van der Waals surface area contributed by atoms with Gasteiger partial charge in [-0.25, -0.2) is 0 Å². The van der Waals surface area contributed by atoms with E-state index in [1.807, 2.05) is 24.3 Å². The molecule has 0 heterocycles. The Hall–Kier alpha value is -1.49. The van der Waals surface area contributed by atoms with Crippen LogP contribution in [0.15, 0.2) is 29.8 Å². The van der Waals surface area contributed by atoms with Crippen LogP contribution >= 0.6 is 0 Å². The van der Waals surface area contributed by atoms with Crippen molar-refractivity contribution < 1.29 is 15.0 Å². The molecule has 2 fully saturated rings. The monoisotopic (exact) mass is 343 g/mol. The van der Waals surface area contributed by atoms with Gasteiger partial charge in [0.25, 0.3) is 0 Å². The lowest BCUT2D eigenvalue weighted by molar-refractivity contribution is -0.119. The van der Waals surface area contributed by atoms with Crippen molar-refractivity contribution in [3.05, 3.63) is 41.0 Å². The summed E-state index contributed by atoms with van der Waals surface area (Å²) in [6, 6.07) is 8.16. The summed E-state index contributed by atoms with van der Waals surface area (Å²) in [5, 5.41) is 21.2. The van der Waals surface area contributed by atoms with E-state index in [0.29, 0.717) is 18.9 Å². The number of hydrogen-bond acceptors (Lipinski definition) is 4. The number of ketones is 1. The first kappa shape index (κ1) is 18.3. The number of carbonyl (C=O) groups is 1. The molecule has 2 bridgehead atoms. The first-order valence-electron chi connectivity index (χ1n) is 9.14. The van der Waals surface area contributed by atoms with Crippen LogP contribution in [0.2, 0.25) is 0 Å². The second-order valence-corrected chi connectivity index (χ2v) is 8.28. The van der Waals surface area contributed by atoms with Crippen LogP contribution in [0.5, 0.6) is 0 Å². The molecule has 3 N–H and O–H groups in total. The van der Waals surface area contributed by atoms with Crippen LogP contribution in [0.25, 0.3) is 6.08 Å². The van der Waals surface area contributed by atoms with E-state index in [1.54, 1.807) is 0 Å². The largest absolute Gasteiger partial charge is 0.394 e. The van der Waals surface area contributed by atoms with Gasteiger partial charge in [-0.1, -0.05) is 45.0 Å². The van der Waals surface area contributed by atoms with Crippen LogP contribution in [0.4, 0.5) is 0 Å². The average Bonchev–Trinajstić information content (AvgIpc) is 2.89. The summed E-state index contributed by atoms with van der Waals surface area (Å²) in [6.45, 7) is 7.49. The quantitative estimate of drug-likeness (QED) is 0.694. The molecular formula is C21H29NO3. The Balaban J connectivity index is 1.71. The number of hydrogen-bond donors (Lipinski definition) is 3. The van der Waals surface area contributed by atoms with E-state index in [-0.39, 0.29) is 23.4 Å². The molecule has 2 saturated carbocycles. The fourth-order valence-corrected chi connectivity index (χ4v) is 4.48. The zero-order valence-corrected chi connectivity index (χ0v) is 15.4. The Morgan fingerprint density at radius 3 is 2.52 bits per heavy atom. The van der Waals surface area contributed by atoms with Gasteiger partial charge in [-0.3, -0.25) is 4.79 Å². The minimum Gasteiger partial charge on any atom is -0.394 e. The van der Waals surface area contributed by atoms with Gasteiger partial charge < -0.3 is 15.5 Å². The summed E-state index contributed by atoms with van der Waals surface area (Å²) >= 11 is 0. The van der Waals surface area contributed by atoms with Gasteiger partial charge >= 0.3 is 0 Å². The van der Waals surface area contributed by atoms with Crippen LogP contribution < -0.4 is 5.32 Å². The van der Waals surface area contributed by atoms with Gasteiger partial charge in [0, 0.05) is 30.0 Å². The highest BCUT2D eigenvalue weighted by Crippen LogP contribution is 2.66. The smallest absolute Gasteiger partial charge is 0.163 e. The van der Waals surface area contributed by atoms with Gasteiger partial charge in [0.2, 0.25) is 0 Å². The standard InChI is InChI=1S/C21H29NO3/c1-20(2)17-8-9-21(20,3)18(19(17)25)10-14-4-6-15(7-5-14)11-22-12-16(24)13-23/h4-7,10,16-17,22-24H,8-9,11-13H2,1-3H3/b18-10+. The van der Waals surface area contributed by atoms with Gasteiger partial charge in [-0.15, -0.1) is 0 Å². The summed E-state index contributed by atoms with van der Waals surface area (Å²) in [5.74, 6) is 0.507. The van der Waals surface area contributed by atoms with Crippen LogP contribution in [-0.2, 0) is 11.3 Å². The third kappa shape index (κ3) is 3.07. The van der Waals surface area contributed by atoms with E-state index in [9.17, 15) is 9.90 Å². The lowest BCUT2D eigenvalue weighted by atomic mass is 9.69. The topological polar surface area (TPSA) is 69.6 Å². The SMILES string of the molecule is CC12CCC(C(=O)/C1=C\c1ccc(CNCC(O)CO)cc1)C2(C)C. The first-order valence-corrected chi connectivity index (χ1v) is 9.14. The molecule has 1 aromatic carbocycles. The Morgan fingerprint density at radius 1 is 1.28 bits per heavy atom. The maximum Gasteiger partial charge on any atom is 0.163 e. The van der Waals surface area contributed by atoms with Crippen molar-refractivity contribution in [2.75, 3.05) is 13.2 Å². The van der Waals surface area contributed by atoms with E-state index in [1.165, 1.54) is 0 Å². The zero-order chi connectivity index (χ0) is 18.2. The molecule has 3 atom stereocenters. The van der Waals surface area contributed by atoms with Crippen molar-refractivity contribution in [2.24, 2.45) is 16.7 Å². The number of aliphatic hydroxyl groups is 2. The van der Waals surface area contributed by atoms with Crippen molar-refractivity contribution >= 4 is 11.9 Å². The molecular weight excluding hydrogens is 314 g/mol. The normalized spacial score (nSPS) is 30.2. The molecule has 4 heteroatoms. The van der Waals surface area contributed by atoms with E-state index in [4.69, 9.17) is 5.11 Å². The maximum atomic E-state index is 12.8. The van der Waals surface area contributed by atoms with Crippen LogP contribution in [0.3, 0.4) is 0 Å². The summed E-state index contributed by atoms with van der Waals surface area (Å²) < 4.78 is 0. The Labute approximate surface area is 150 Å². The number of nitrogens with one attached hydrogen (secondary N) is 1. The molecule has 4 nitrogen and oxygen atoms in total. The molecule has 0 spiro atoms. The van der Waals surface area contributed by atoms with Crippen molar-refractivity contribution in [1.82, 2.24) is 5.32 Å². The van der Waals surface area contributed by atoms with E-state index < -0.39 is 6.10 Å². The predicted molar refractivity (Wildman–Crippen MR) is 98.8 cm³/mol. The van der Waals surface area contributed by atoms with Crippen molar-refractivity contribution in [3.63, 3.8) is 0 Å². The average molecular weight is 343 g/mol. The van der Waals surface area contributed by atoms with Crippen LogP contribution in [-0.4, -0.2) is 35.3 Å². The summed E-state index contributed by atoms with van der Waals surface area (Å²) in [5.41, 5.74) is 3.19. The molecule has 3 unspecified atom stereocenters. The van der Waals surface area contributed by atoms with Gasteiger partial charge in [0.05, 0.1) is 12.7 Å². The lowest BCUT2D eigenvalue weighted by Gasteiger charge is -2.34. The van der Waals surface area contributed by atoms with Crippen molar-refractivity contribution in [1.29, 1.82) is 0 Å². The lowest BCUT2D eigenvalue weighted by Crippen LogP contribution is -2.28. The van der Waals surface area contributed by atoms with Gasteiger partial charge in [-0.2, -0.15) is 0 Å². The van der Waals surface area contributed by atoms with Gasteiger partial charge in [0.1, 0.15) is 0 Å². The molecule has 2 aliphatic carbocycles. The molecule has 25 heavy (non-hydrogen) atoms. The number of allylic oxidation sites excluding steroid dienone is 1. The Bertz CT molecular complexity index is 677. The molecule has 3 rings (SSSR count). The Kier molecular flexibility index (Phi) is 4.89. The molecule has 0 radical (unpaired) electrons. The van der Waals surface area contributed by atoms with Crippen molar-refractivity contribution in [3.8, 4) is 0 Å². The number of aliphatic hydroxyl groups excluding tert-OH is 2. The fraction of sp³-hybridized carbons (Fsp3) is 0.571. The predicted octanol–water partition coefficient (Wildman–Crippen LogP) is 2.54. The fourth-order valence-electron chi connectivity index (χ4n) is 4.48. The second-order valence-electron chi connectivity index (χ2n) is 8.28. The highest BCUT2D eigenvalue weighted by molar-refractivity contribution is 6.06. The number of Topliss-reactive ketones (excluding diaryl/α,β-unsaturated/α-hetero) is 1. The molecule has 0 amide bonds. The number of rotatable bonds is 6. The van der Waals surface area contributed by atoms with Gasteiger partial charge in [-0.05, 0) is 35.5 Å². The molecule has 0 saturated heterocycles. The van der Waals surface area contributed by atoms with Crippen molar-refractivity contribution in [2.45, 2.75) is 46.3 Å². The zero-order valence-electron chi connectivity index (χ0n) is 15.4. The molecule has 2 aliphatic rings. The number of benzene rings is 1. The van der Waals surface area contributed by atoms with E-state index >= 15 is 0 Å². The molecule has 136 valence electrons. The minimum absolute atomic E-state index is 0.0184. The maximum absolute atomic E-state index is 12.8. The van der Waals surface area contributed by atoms with Crippen LogP contribution in [0, 0.1) is 16.7 Å². The molecule has 0 aliphatic heterocycles. The minimum atomic E-state index is -0.725. The summed E-state index contributed by atoms with van der Waals surface area (Å²) in [7, 11) is 0. The van der Waals surface area contributed by atoms with E-state index in [0.717, 1.165) is 29.5 Å². The molecule has 0 aromatic heterocycles. The Morgan fingerprint density at radius 2 is 1.96 bits per heavy atom. The number of carbonyl (C=O) groups excluding carboxylic acids is 1. The third-order valence-electron chi connectivity index (χ3n) is 6.61.